The molecule has 3 rings (SSSR count). The Morgan fingerprint density at radius 3 is 2.85 bits per heavy atom. The fraction of sp³-hybridized carbons (Fsp3) is 0.267. The summed E-state index contributed by atoms with van der Waals surface area (Å²) in [6, 6.07) is 8.00. The Hall–Kier alpha value is -2.01. The molecule has 102 valence electrons. The van der Waals surface area contributed by atoms with Gasteiger partial charge >= 0.3 is 0 Å². The van der Waals surface area contributed by atoms with Gasteiger partial charge in [-0.25, -0.2) is 4.98 Å². The third-order valence-corrected chi connectivity index (χ3v) is 4.13. The minimum atomic E-state index is -0.0805. The van der Waals surface area contributed by atoms with Crippen LogP contribution in [0.15, 0.2) is 29.1 Å². The molecule has 4 nitrogen and oxygen atoms in total. The van der Waals surface area contributed by atoms with Crippen molar-refractivity contribution < 1.29 is 0 Å². The average Bonchev–Trinajstić information content (AvgIpc) is 2.94. The second kappa shape index (κ2) is 5.17. The first-order chi connectivity index (χ1) is 9.69. The molecule has 3 aromatic rings. The van der Waals surface area contributed by atoms with E-state index in [1.54, 1.807) is 0 Å². The summed E-state index contributed by atoms with van der Waals surface area (Å²) in [5, 5.41) is 4.27. The number of nitrogens with zero attached hydrogens (tertiary/aromatic N) is 3. The molecule has 0 bridgehead atoms. The highest BCUT2D eigenvalue weighted by molar-refractivity contribution is 7.15. The van der Waals surface area contributed by atoms with E-state index in [2.05, 4.69) is 17.0 Å². The number of hydrogen-bond acceptors (Lipinski definition) is 4. The second-order valence-corrected chi connectivity index (χ2v) is 5.75. The first kappa shape index (κ1) is 13.0. The predicted octanol–water partition coefficient (Wildman–Crippen LogP) is 1.96. The number of fused-ring (bicyclic) bond motifs is 1. The molecule has 2 heterocycles. The van der Waals surface area contributed by atoms with Crippen molar-refractivity contribution in [2.75, 3.05) is 0 Å². The normalized spacial score (nSPS) is 12.4. The van der Waals surface area contributed by atoms with E-state index in [0.717, 1.165) is 29.8 Å². The van der Waals surface area contributed by atoms with Gasteiger partial charge in [0.25, 0.3) is 5.56 Å². The highest BCUT2D eigenvalue weighted by atomic mass is 32.1. The lowest BCUT2D eigenvalue weighted by molar-refractivity contribution is 0.810. The van der Waals surface area contributed by atoms with Crippen LogP contribution in [-0.4, -0.2) is 14.6 Å². The van der Waals surface area contributed by atoms with E-state index >= 15 is 0 Å². The molecule has 0 amide bonds. The standard InChI is InChI=1S/C15H15N3OS/c1-3-6-13-16-15-18(17-13)14(19)12(20-15)9-11-8-5-4-7-10(11)2/h4-5,7-9H,3,6H2,1-2H3/b12-9-. The van der Waals surface area contributed by atoms with Gasteiger partial charge in [-0.1, -0.05) is 42.5 Å². The van der Waals surface area contributed by atoms with Gasteiger partial charge in [0, 0.05) is 6.42 Å². The van der Waals surface area contributed by atoms with Crippen molar-refractivity contribution >= 4 is 22.4 Å². The van der Waals surface area contributed by atoms with Gasteiger partial charge in [0.1, 0.15) is 0 Å². The number of benzene rings is 1. The zero-order valence-corrected chi connectivity index (χ0v) is 12.3. The van der Waals surface area contributed by atoms with Crippen LogP contribution in [-0.2, 0) is 6.42 Å². The summed E-state index contributed by atoms with van der Waals surface area (Å²) in [6.45, 7) is 4.11. The molecule has 20 heavy (non-hydrogen) atoms. The Morgan fingerprint density at radius 1 is 1.35 bits per heavy atom. The SMILES string of the molecule is CCCc1nc2s/c(=C\c3ccccc3C)c(=O)n2n1. The van der Waals surface area contributed by atoms with E-state index < -0.39 is 0 Å². The summed E-state index contributed by atoms with van der Waals surface area (Å²) in [5.41, 5.74) is 2.13. The number of aryl methyl sites for hydroxylation is 2. The molecular formula is C15H15N3OS. The summed E-state index contributed by atoms with van der Waals surface area (Å²) in [7, 11) is 0. The summed E-state index contributed by atoms with van der Waals surface area (Å²) >= 11 is 1.40. The van der Waals surface area contributed by atoms with Gasteiger partial charge < -0.3 is 0 Å². The molecule has 0 unspecified atom stereocenters. The lowest BCUT2D eigenvalue weighted by atomic mass is 10.1. The van der Waals surface area contributed by atoms with Gasteiger partial charge in [0.05, 0.1) is 4.53 Å². The van der Waals surface area contributed by atoms with Crippen molar-refractivity contribution in [3.8, 4) is 0 Å². The van der Waals surface area contributed by atoms with Crippen molar-refractivity contribution in [2.24, 2.45) is 0 Å². The van der Waals surface area contributed by atoms with Crippen LogP contribution in [0.5, 0.6) is 0 Å². The maximum absolute atomic E-state index is 12.3. The average molecular weight is 285 g/mol. The summed E-state index contributed by atoms with van der Waals surface area (Å²) in [4.78, 5) is 17.4. The van der Waals surface area contributed by atoms with Crippen LogP contribution < -0.4 is 10.1 Å². The van der Waals surface area contributed by atoms with Crippen molar-refractivity contribution in [2.45, 2.75) is 26.7 Å². The monoisotopic (exact) mass is 285 g/mol. The molecule has 2 aromatic heterocycles. The van der Waals surface area contributed by atoms with Crippen LogP contribution in [0.3, 0.4) is 0 Å². The van der Waals surface area contributed by atoms with E-state index in [9.17, 15) is 4.79 Å². The minimum Gasteiger partial charge on any atom is -0.266 e. The summed E-state index contributed by atoms with van der Waals surface area (Å²) < 4.78 is 2.09. The van der Waals surface area contributed by atoms with E-state index in [4.69, 9.17) is 0 Å². The lowest BCUT2D eigenvalue weighted by Crippen LogP contribution is -2.23. The van der Waals surface area contributed by atoms with Crippen molar-refractivity contribution in [1.82, 2.24) is 14.6 Å². The van der Waals surface area contributed by atoms with Crippen molar-refractivity contribution in [1.29, 1.82) is 0 Å². The molecule has 0 N–H and O–H groups in total. The van der Waals surface area contributed by atoms with Crippen molar-refractivity contribution in [3.63, 3.8) is 0 Å². The molecule has 0 saturated carbocycles. The van der Waals surface area contributed by atoms with Crippen LogP contribution in [0.1, 0.15) is 30.3 Å². The van der Waals surface area contributed by atoms with Gasteiger partial charge in [-0.15, -0.1) is 5.10 Å². The van der Waals surface area contributed by atoms with E-state index in [0.29, 0.717) is 9.49 Å². The third kappa shape index (κ3) is 2.25. The molecule has 0 aliphatic heterocycles. The zero-order valence-electron chi connectivity index (χ0n) is 11.5. The molecule has 0 spiro atoms. The Balaban J connectivity index is 2.14. The number of rotatable bonds is 3. The first-order valence-electron chi connectivity index (χ1n) is 6.65. The highest BCUT2D eigenvalue weighted by Crippen LogP contribution is 2.08. The Kier molecular flexibility index (Phi) is 3.36. The molecular weight excluding hydrogens is 270 g/mol. The number of hydrogen-bond donors (Lipinski definition) is 0. The van der Waals surface area contributed by atoms with Crippen LogP contribution in [0, 0.1) is 6.92 Å². The molecule has 0 radical (unpaired) electrons. The second-order valence-electron chi connectivity index (χ2n) is 4.74. The predicted molar refractivity (Wildman–Crippen MR) is 81.1 cm³/mol. The minimum absolute atomic E-state index is 0.0805. The fourth-order valence-electron chi connectivity index (χ4n) is 2.09. The number of aromatic nitrogens is 3. The topological polar surface area (TPSA) is 47.3 Å². The Labute approximate surface area is 120 Å². The Morgan fingerprint density at radius 2 is 2.15 bits per heavy atom. The van der Waals surface area contributed by atoms with Crippen LogP contribution in [0.25, 0.3) is 11.0 Å². The molecule has 5 heteroatoms. The van der Waals surface area contributed by atoms with Crippen LogP contribution >= 0.6 is 11.3 Å². The van der Waals surface area contributed by atoms with Gasteiger partial charge in [-0.05, 0) is 30.5 Å². The molecule has 0 atom stereocenters. The summed E-state index contributed by atoms with van der Waals surface area (Å²) in [5.74, 6) is 0.748. The number of thiazole rings is 1. The molecule has 0 aliphatic carbocycles. The quantitative estimate of drug-likeness (QED) is 0.739. The van der Waals surface area contributed by atoms with Gasteiger partial charge in [-0.2, -0.15) is 4.52 Å². The van der Waals surface area contributed by atoms with Crippen molar-refractivity contribution in [3.05, 3.63) is 56.1 Å². The zero-order chi connectivity index (χ0) is 14.1. The Bertz CT molecular complexity index is 863. The van der Waals surface area contributed by atoms with E-state index in [1.807, 2.05) is 37.3 Å². The maximum Gasteiger partial charge on any atom is 0.291 e. The smallest absolute Gasteiger partial charge is 0.266 e. The fourth-order valence-corrected chi connectivity index (χ4v) is 3.01. The van der Waals surface area contributed by atoms with Gasteiger partial charge in [0.15, 0.2) is 5.82 Å². The summed E-state index contributed by atoms with van der Waals surface area (Å²) in [6.07, 6.45) is 3.71. The van der Waals surface area contributed by atoms with Crippen LogP contribution in [0.4, 0.5) is 0 Å². The molecule has 1 aromatic carbocycles. The highest BCUT2D eigenvalue weighted by Gasteiger charge is 2.09. The van der Waals surface area contributed by atoms with Gasteiger partial charge in [-0.3, -0.25) is 4.79 Å². The molecule has 0 saturated heterocycles. The largest absolute Gasteiger partial charge is 0.291 e. The van der Waals surface area contributed by atoms with E-state index in [1.165, 1.54) is 15.9 Å². The molecule has 0 fully saturated rings. The van der Waals surface area contributed by atoms with E-state index in [-0.39, 0.29) is 5.56 Å². The van der Waals surface area contributed by atoms with Gasteiger partial charge in [0.2, 0.25) is 4.96 Å². The first-order valence-corrected chi connectivity index (χ1v) is 7.46. The molecule has 0 aliphatic rings. The van der Waals surface area contributed by atoms with Crippen LogP contribution in [0.2, 0.25) is 0 Å². The lowest BCUT2D eigenvalue weighted by Gasteiger charge is -1.96. The third-order valence-electron chi connectivity index (χ3n) is 3.17. The maximum atomic E-state index is 12.3.